The maximum Gasteiger partial charge on any atom is 0.326 e. The molecule has 32 heavy (non-hydrogen) atoms. The Balaban J connectivity index is 2.30. The first-order valence-electron chi connectivity index (χ1n) is 9.86. The van der Waals surface area contributed by atoms with Crippen molar-refractivity contribution in [2.24, 2.45) is 5.41 Å². The molecule has 0 aromatic heterocycles. The Morgan fingerprint density at radius 2 is 1.62 bits per heavy atom. The van der Waals surface area contributed by atoms with Gasteiger partial charge in [-0.1, -0.05) is 42.5 Å². The number of nitro groups is 1. The highest BCUT2D eigenvalue weighted by Crippen LogP contribution is 2.54. The number of nitriles is 1. The largest absolute Gasteiger partial charge is 0.468 e. The lowest BCUT2D eigenvalue weighted by Crippen LogP contribution is -2.62. The smallest absolute Gasteiger partial charge is 0.326 e. The van der Waals surface area contributed by atoms with Crippen molar-refractivity contribution in [3.05, 3.63) is 81.4 Å². The van der Waals surface area contributed by atoms with Crippen molar-refractivity contribution < 1.29 is 29.1 Å². The monoisotopic (exact) mass is 438 g/mol. The van der Waals surface area contributed by atoms with Crippen LogP contribution in [0.5, 0.6) is 0 Å². The highest BCUT2D eigenvalue weighted by atomic mass is 16.6. The second kappa shape index (κ2) is 9.16. The van der Waals surface area contributed by atoms with Crippen LogP contribution in [0.1, 0.15) is 34.9 Å². The normalized spacial score (nSPS) is 24.1. The van der Waals surface area contributed by atoms with Crippen LogP contribution in [0, 0.1) is 26.9 Å². The zero-order valence-electron chi connectivity index (χ0n) is 17.5. The van der Waals surface area contributed by atoms with Crippen molar-refractivity contribution >= 4 is 11.9 Å². The maximum absolute atomic E-state index is 13.0. The van der Waals surface area contributed by atoms with Crippen molar-refractivity contribution in [3.63, 3.8) is 0 Å². The number of esters is 2. The van der Waals surface area contributed by atoms with Gasteiger partial charge in [-0.25, -0.2) is 0 Å². The van der Waals surface area contributed by atoms with Gasteiger partial charge < -0.3 is 14.6 Å². The minimum absolute atomic E-state index is 0.259. The lowest BCUT2D eigenvalue weighted by molar-refractivity contribution is -0.538. The minimum Gasteiger partial charge on any atom is -0.468 e. The van der Waals surface area contributed by atoms with Crippen molar-refractivity contribution in [2.75, 3.05) is 14.2 Å². The molecule has 0 amide bonds. The molecule has 0 aliphatic heterocycles. The Kier molecular flexibility index (Phi) is 6.55. The zero-order valence-corrected chi connectivity index (χ0v) is 17.5. The van der Waals surface area contributed by atoms with Crippen molar-refractivity contribution in [1.82, 2.24) is 0 Å². The summed E-state index contributed by atoms with van der Waals surface area (Å²) in [7, 11) is 2.10. The number of methoxy groups -OCH3 is 2. The van der Waals surface area contributed by atoms with E-state index < -0.39 is 46.3 Å². The van der Waals surface area contributed by atoms with Crippen molar-refractivity contribution in [2.45, 2.75) is 30.4 Å². The third-order valence-corrected chi connectivity index (χ3v) is 6.16. The average Bonchev–Trinajstić information content (AvgIpc) is 2.82. The molecule has 0 radical (unpaired) electrons. The number of carbonyl (C=O) groups excluding carboxylic acids is 2. The van der Waals surface area contributed by atoms with Gasteiger partial charge >= 0.3 is 11.9 Å². The van der Waals surface area contributed by atoms with Gasteiger partial charge in [0.05, 0.1) is 43.8 Å². The topological polar surface area (TPSA) is 140 Å². The van der Waals surface area contributed by atoms with Crippen LogP contribution in [0.25, 0.3) is 0 Å². The minimum atomic E-state index is -2.33. The van der Waals surface area contributed by atoms with Crippen LogP contribution >= 0.6 is 0 Å². The molecule has 0 bridgehead atoms. The van der Waals surface area contributed by atoms with Gasteiger partial charge in [0.25, 0.3) is 0 Å². The summed E-state index contributed by atoms with van der Waals surface area (Å²) in [6.07, 6.45) is -1.88. The Morgan fingerprint density at radius 1 is 1.06 bits per heavy atom. The van der Waals surface area contributed by atoms with Crippen LogP contribution < -0.4 is 0 Å². The average molecular weight is 438 g/mol. The molecule has 9 nitrogen and oxygen atoms in total. The number of nitrogens with zero attached hydrogens (tertiary/aromatic N) is 2. The fourth-order valence-electron chi connectivity index (χ4n) is 4.75. The molecule has 1 fully saturated rings. The molecule has 2 aromatic rings. The van der Waals surface area contributed by atoms with E-state index in [1.807, 2.05) is 6.07 Å². The summed E-state index contributed by atoms with van der Waals surface area (Å²) in [6, 6.07) is 14.8. The lowest BCUT2D eigenvalue weighted by atomic mass is 9.56. The molecule has 0 heterocycles. The first kappa shape index (κ1) is 22.9. The molecule has 4 atom stereocenters. The van der Waals surface area contributed by atoms with Gasteiger partial charge in [-0.05, 0) is 29.7 Å². The summed E-state index contributed by atoms with van der Waals surface area (Å²) in [6.45, 7) is 0. The van der Waals surface area contributed by atoms with Gasteiger partial charge in [0.2, 0.25) is 11.5 Å². The number of hydrogen-bond acceptors (Lipinski definition) is 8. The molecular weight excluding hydrogens is 416 g/mol. The van der Waals surface area contributed by atoms with Crippen LogP contribution in [0.4, 0.5) is 0 Å². The molecule has 166 valence electrons. The maximum atomic E-state index is 13.0. The van der Waals surface area contributed by atoms with E-state index >= 15 is 0 Å². The second-order valence-electron chi connectivity index (χ2n) is 7.61. The van der Waals surface area contributed by atoms with E-state index in [0.29, 0.717) is 16.7 Å². The molecule has 3 rings (SSSR count). The van der Waals surface area contributed by atoms with Gasteiger partial charge in [-0.15, -0.1) is 0 Å². The van der Waals surface area contributed by atoms with Gasteiger partial charge in [0.1, 0.15) is 0 Å². The summed E-state index contributed by atoms with van der Waals surface area (Å²) in [5.41, 5.74) is -1.12. The molecule has 1 N–H and O–H groups in total. The van der Waals surface area contributed by atoms with E-state index in [1.165, 1.54) is 12.1 Å². The Bertz CT molecular complexity index is 1030. The fourth-order valence-corrected chi connectivity index (χ4v) is 4.75. The first-order valence-corrected chi connectivity index (χ1v) is 9.86. The third-order valence-electron chi connectivity index (χ3n) is 6.16. The van der Waals surface area contributed by atoms with E-state index in [0.717, 1.165) is 14.2 Å². The highest BCUT2D eigenvalue weighted by molar-refractivity contribution is 6.02. The molecule has 0 spiro atoms. The second-order valence-corrected chi connectivity index (χ2v) is 7.61. The number of carbonyl (C=O) groups is 2. The highest BCUT2D eigenvalue weighted by Gasteiger charge is 2.69. The van der Waals surface area contributed by atoms with Crippen molar-refractivity contribution in [3.8, 4) is 6.07 Å². The van der Waals surface area contributed by atoms with Crippen LogP contribution in [0.3, 0.4) is 0 Å². The quantitative estimate of drug-likeness (QED) is 0.324. The Hall–Kier alpha value is -3.77. The third kappa shape index (κ3) is 3.59. The van der Waals surface area contributed by atoms with E-state index in [2.05, 4.69) is 0 Å². The summed E-state index contributed by atoms with van der Waals surface area (Å²) in [5, 5.41) is 32.7. The predicted octanol–water partition coefficient (Wildman–Crippen LogP) is 2.17. The molecular formula is C23H22N2O7. The van der Waals surface area contributed by atoms with Crippen molar-refractivity contribution in [1.29, 1.82) is 5.26 Å². The molecule has 2 aromatic carbocycles. The van der Waals surface area contributed by atoms with E-state index in [4.69, 9.17) is 14.7 Å². The van der Waals surface area contributed by atoms with E-state index in [-0.39, 0.29) is 6.42 Å². The van der Waals surface area contributed by atoms with Gasteiger partial charge in [-0.3, -0.25) is 19.7 Å². The predicted molar refractivity (Wildman–Crippen MR) is 111 cm³/mol. The fraction of sp³-hybridized carbons (Fsp3) is 0.348. The van der Waals surface area contributed by atoms with Crippen LogP contribution in [0.15, 0.2) is 54.6 Å². The number of hydrogen-bond donors (Lipinski definition) is 1. The standard InChI is InChI=1S/C23H22N2O7/c1-31-21(27)23(22(28)32-2)18(26)12-17(15-10-8-14(13-24)9-11-15)20(25(29)30)19(23)16-6-4-3-5-7-16/h3-11,17-20,26H,12H2,1-2H3/t17-,18+,19-,20+/m0/s1. The van der Waals surface area contributed by atoms with E-state index in [1.54, 1.807) is 42.5 Å². The van der Waals surface area contributed by atoms with Crippen LogP contribution in [-0.2, 0) is 19.1 Å². The summed E-state index contributed by atoms with van der Waals surface area (Å²) >= 11 is 0. The van der Waals surface area contributed by atoms with E-state index in [9.17, 15) is 24.8 Å². The van der Waals surface area contributed by atoms with Crippen LogP contribution in [-0.4, -0.2) is 48.3 Å². The van der Waals surface area contributed by atoms with Gasteiger partial charge in [0.15, 0.2) is 0 Å². The Labute approximate surface area is 184 Å². The molecule has 0 saturated heterocycles. The molecule has 1 saturated carbocycles. The number of aliphatic hydroxyl groups is 1. The molecule has 1 aliphatic rings. The van der Waals surface area contributed by atoms with Gasteiger partial charge in [-0.2, -0.15) is 5.26 Å². The zero-order chi connectivity index (χ0) is 23.5. The first-order chi connectivity index (χ1) is 15.3. The number of rotatable bonds is 5. The Morgan fingerprint density at radius 3 is 2.09 bits per heavy atom. The molecule has 9 heteroatoms. The summed E-state index contributed by atoms with van der Waals surface area (Å²) in [4.78, 5) is 38.0. The molecule has 0 unspecified atom stereocenters. The number of ether oxygens (including phenoxy) is 2. The number of benzene rings is 2. The lowest BCUT2D eigenvalue weighted by Gasteiger charge is -2.46. The van der Waals surface area contributed by atoms with Gasteiger partial charge in [0, 0.05) is 4.92 Å². The summed E-state index contributed by atoms with van der Waals surface area (Å²) < 4.78 is 9.76. The number of aliphatic hydroxyl groups excluding tert-OH is 1. The molecule has 1 aliphatic carbocycles. The SMILES string of the molecule is COC(=O)C1(C(=O)OC)[C@H](O)C[C@@H](c2ccc(C#N)cc2)[C@@H]([N+](=O)[O-])[C@@H]1c1ccccc1. The van der Waals surface area contributed by atoms with Crippen LogP contribution in [0.2, 0.25) is 0 Å². The summed E-state index contributed by atoms with van der Waals surface area (Å²) in [5.74, 6) is -4.42.